The number of nitrogens with two attached hydrogens (primary N) is 1. The molecule has 4 aromatic rings. The molecule has 1 aromatic carbocycles. The fraction of sp³-hybridized carbons (Fsp3) is 0.304. The van der Waals surface area contributed by atoms with Crippen molar-refractivity contribution in [3.05, 3.63) is 64.3 Å². The Kier molecular flexibility index (Phi) is 4.97. The van der Waals surface area contributed by atoms with Gasteiger partial charge in [0, 0.05) is 29.4 Å². The molecule has 1 aliphatic rings. The van der Waals surface area contributed by atoms with Gasteiger partial charge in [-0.25, -0.2) is 18.7 Å². The molecule has 10 heteroatoms. The second-order valence-corrected chi connectivity index (χ2v) is 8.53. The van der Waals surface area contributed by atoms with Crippen LogP contribution in [0.5, 0.6) is 0 Å². The SMILES string of the molecule is Cc1cc(-c2c(-c3ccccc3)nc(N)[n+]3c(=O)n(C[C@H]4CC(F)(F)CN4)[nH]c23)cc(C)n1. The van der Waals surface area contributed by atoms with E-state index in [0.717, 1.165) is 22.5 Å². The highest BCUT2D eigenvalue weighted by Crippen LogP contribution is 2.33. The Morgan fingerprint density at radius 2 is 1.85 bits per heavy atom. The zero-order valence-corrected chi connectivity index (χ0v) is 18.3. The van der Waals surface area contributed by atoms with E-state index in [1.165, 1.54) is 9.08 Å². The number of nitrogens with one attached hydrogen (secondary N) is 2. The summed E-state index contributed by atoms with van der Waals surface area (Å²) in [7, 11) is 0. The summed E-state index contributed by atoms with van der Waals surface area (Å²) in [5.74, 6) is -2.77. The third-order valence-corrected chi connectivity index (χ3v) is 5.83. The second-order valence-electron chi connectivity index (χ2n) is 8.53. The van der Waals surface area contributed by atoms with E-state index in [9.17, 15) is 13.6 Å². The number of anilines is 1. The van der Waals surface area contributed by atoms with E-state index in [1.807, 2.05) is 56.3 Å². The van der Waals surface area contributed by atoms with Crippen LogP contribution in [0.4, 0.5) is 14.7 Å². The number of nitrogens with zero attached hydrogens (tertiary/aromatic N) is 4. The van der Waals surface area contributed by atoms with Crippen LogP contribution in [0.1, 0.15) is 17.8 Å². The fourth-order valence-electron chi connectivity index (χ4n) is 4.48. The molecule has 8 nitrogen and oxygen atoms in total. The smallest absolute Gasteiger partial charge is 0.319 e. The third-order valence-electron chi connectivity index (χ3n) is 5.83. The van der Waals surface area contributed by atoms with Crippen molar-refractivity contribution in [2.45, 2.75) is 38.8 Å². The first-order valence-corrected chi connectivity index (χ1v) is 10.7. The molecule has 1 fully saturated rings. The van der Waals surface area contributed by atoms with Gasteiger partial charge in [0.1, 0.15) is 5.69 Å². The van der Waals surface area contributed by atoms with Crippen LogP contribution in [0.2, 0.25) is 0 Å². The van der Waals surface area contributed by atoms with Crippen LogP contribution in [0.25, 0.3) is 28.0 Å². The van der Waals surface area contributed by atoms with Crippen molar-refractivity contribution in [3.8, 4) is 22.4 Å². The van der Waals surface area contributed by atoms with Gasteiger partial charge in [-0.05, 0) is 31.5 Å². The molecule has 4 heterocycles. The average Bonchev–Trinajstić information content (AvgIpc) is 3.27. The number of pyridine rings is 1. The van der Waals surface area contributed by atoms with Crippen molar-refractivity contribution in [2.24, 2.45) is 0 Å². The summed E-state index contributed by atoms with van der Waals surface area (Å²) in [5, 5.41) is 5.90. The highest BCUT2D eigenvalue weighted by molar-refractivity contribution is 5.88. The average molecular weight is 452 g/mol. The summed E-state index contributed by atoms with van der Waals surface area (Å²) in [6.07, 6.45) is -0.335. The van der Waals surface area contributed by atoms with Gasteiger partial charge >= 0.3 is 11.6 Å². The number of aromatic amines is 1. The molecule has 4 N–H and O–H groups in total. The number of aryl methyl sites for hydroxylation is 2. The Balaban J connectivity index is 1.75. The molecule has 170 valence electrons. The molecule has 33 heavy (non-hydrogen) atoms. The van der Waals surface area contributed by atoms with Crippen molar-refractivity contribution in [1.29, 1.82) is 0 Å². The molecule has 1 saturated heterocycles. The van der Waals surface area contributed by atoms with Crippen molar-refractivity contribution in [2.75, 3.05) is 12.3 Å². The van der Waals surface area contributed by atoms with E-state index in [1.54, 1.807) is 0 Å². The Morgan fingerprint density at radius 1 is 1.15 bits per heavy atom. The molecule has 0 aliphatic carbocycles. The largest absolute Gasteiger partial charge is 0.428 e. The topological polar surface area (TPSA) is 106 Å². The van der Waals surface area contributed by atoms with Gasteiger partial charge in [-0.2, -0.15) is 4.68 Å². The predicted octanol–water partition coefficient (Wildman–Crippen LogP) is 2.24. The molecule has 0 radical (unpaired) electrons. The highest BCUT2D eigenvalue weighted by Gasteiger charge is 2.40. The number of fused-ring (bicyclic) bond motifs is 1. The summed E-state index contributed by atoms with van der Waals surface area (Å²) >= 11 is 0. The molecule has 0 amide bonds. The zero-order valence-electron chi connectivity index (χ0n) is 18.3. The lowest BCUT2D eigenvalue weighted by Gasteiger charge is -2.10. The van der Waals surface area contributed by atoms with Gasteiger partial charge in [0.15, 0.2) is 0 Å². The molecule has 0 unspecified atom stereocenters. The maximum atomic E-state index is 13.7. The predicted molar refractivity (Wildman–Crippen MR) is 120 cm³/mol. The number of halogens is 2. The molecule has 0 saturated carbocycles. The quantitative estimate of drug-likeness (QED) is 0.412. The van der Waals surface area contributed by atoms with Gasteiger partial charge < -0.3 is 11.1 Å². The molecule has 1 atom stereocenters. The number of rotatable bonds is 4. The minimum Gasteiger partial charge on any atom is -0.319 e. The van der Waals surface area contributed by atoms with Crippen molar-refractivity contribution < 1.29 is 13.2 Å². The normalized spacial score (nSPS) is 17.6. The number of alkyl halides is 2. The molecular formula is C23H24F2N7O+. The molecular weight excluding hydrogens is 428 g/mol. The van der Waals surface area contributed by atoms with Crippen LogP contribution in [0.3, 0.4) is 0 Å². The summed E-state index contributed by atoms with van der Waals surface area (Å²) < 4.78 is 29.9. The number of H-pyrrole nitrogens is 1. The molecule has 1 aliphatic heterocycles. The van der Waals surface area contributed by atoms with Gasteiger partial charge in [-0.15, -0.1) is 9.38 Å². The van der Waals surface area contributed by atoms with Crippen LogP contribution in [0.15, 0.2) is 47.3 Å². The van der Waals surface area contributed by atoms with Crippen molar-refractivity contribution in [3.63, 3.8) is 0 Å². The molecule has 0 spiro atoms. The summed E-state index contributed by atoms with van der Waals surface area (Å²) in [6, 6.07) is 12.8. The van der Waals surface area contributed by atoms with Gasteiger partial charge in [-0.1, -0.05) is 30.3 Å². The number of aromatic nitrogens is 5. The van der Waals surface area contributed by atoms with Gasteiger partial charge in [-0.3, -0.25) is 4.98 Å². The summed E-state index contributed by atoms with van der Waals surface area (Å²) in [5.41, 5.74) is 10.8. The second kappa shape index (κ2) is 7.73. The summed E-state index contributed by atoms with van der Waals surface area (Å²) in [6.45, 7) is 3.45. The van der Waals surface area contributed by atoms with E-state index in [0.29, 0.717) is 16.9 Å². The van der Waals surface area contributed by atoms with E-state index < -0.39 is 24.2 Å². The van der Waals surface area contributed by atoms with Gasteiger partial charge in [0.05, 0.1) is 18.7 Å². The van der Waals surface area contributed by atoms with E-state index in [4.69, 9.17) is 5.73 Å². The first-order chi connectivity index (χ1) is 15.7. The summed E-state index contributed by atoms with van der Waals surface area (Å²) in [4.78, 5) is 22.3. The molecule has 5 rings (SSSR count). The van der Waals surface area contributed by atoms with Gasteiger partial charge in [0.25, 0.3) is 5.92 Å². The Morgan fingerprint density at radius 3 is 2.48 bits per heavy atom. The molecule has 0 bridgehead atoms. The minimum atomic E-state index is -2.79. The van der Waals surface area contributed by atoms with E-state index in [-0.39, 0.29) is 18.9 Å². The first kappa shape index (κ1) is 21.2. The number of hydrogen-bond acceptors (Lipinski definition) is 5. The van der Waals surface area contributed by atoms with Crippen LogP contribution in [-0.2, 0) is 6.54 Å². The Bertz CT molecular complexity index is 1390. The zero-order chi connectivity index (χ0) is 23.3. The van der Waals surface area contributed by atoms with Crippen LogP contribution < -0.4 is 21.1 Å². The fourth-order valence-corrected chi connectivity index (χ4v) is 4.48. The van der Waals surface area contributed by atoms with Crippen LogP contribution >= 0.6 is 0 Å². The van der Waals surface area contributed by atoms with E-state index >= 15 is 0 Å². The van der Waals surface area contributed by atoms with Crippen molar-refractivity contribution in [1.82, 2.24) is 25.1 Å². The maximum absolute atomic E-state index is 13.7. The third kappa shape index (κ3) is 3.86. The lowest BCUT2D eigenvalue weighted by atomic mass is 9.99. The molecule has 3 aromatic heterocycles. The van der Waals surface area contributed by atoms with Crippen LogP contribution in [0, 0.1) is 13.8 Å². The monoisotopic (exact) mass is 452 g/mol. The lowest BCUT2D eigenvalue weighted by Crippen LogP contribution is -2.45. The number of hydrogen-bond donors (Lipinski definition) is 3. The van der Waals surface area contributed by atoms with Crippen molar-refractivity contribution >= 4 is 11.6 Å². The minimum absolute atomic E-state index is 0.0137. The first-order valence-electron chi connectivity index (χ1n) is 10.7. The number of nitrogen functional groups attached to an aromatic ring is 1. The number of benzene rings is 1. The van der Waals surface area contributed by atoms with E-state index in [2.05, 4.69) is 20.4 Å². The Hall–Kier alpha value is -3.66. The maximum Gasteiger partial charge on any atom is 0.428 e. The van der Waals surface area contributed by atoms with Crippen LogP contribution in [-0.4, -0.2) is 38.3 Å². The standard InChI is InChI=1S/C23H23F2N7O/c1-13-8-16(9-14(2)28-13)18-19(15-6-4-3-5-7-15)29-21(26)32-20(18)30-31(22(32)33)11-17-10-23(24,25)12-27-17/h3-9,17,27H,10-12H2,1-2H3,(H2,26,28,29,30)/p+1/t17-/m1/s1. The Labute approximate surface area is 188 Å². The highest BCUT2D eigenvalue weighted by atomic mass is 19.3. The van der Waals surface area contributed by atoms with Gasteiger partial charge in [0.2, 0.25) is 5.65 Å². The lowest BCUT2D eigenvalue weighted by molar-refractivity contribution is -0.516.